The fourth-order valence-electron chi connectivity index (χ4n) is 4.30. The van der Waals surface area contributed by atoms with Gasteiger partial charge in [-0.05, 0) is 43.5 Å². The summed E-state index contributed by atoms with van der Waals surface area (Å²) in [7, 11) is 0. The first-order chi connectivity index (χ1) is 15.6. The zero-order valence-electron chi connectivity index (χ0n) is 17.0. The Balaban J connectivity index is 1.19. The summed E-state index contributed by atoms with van der Waals surface area (Å²) in [4.78, 5) is 34.7. The maximum Gasteiger partial charge on any atom is 0.291 e. The molecule has 2 amide bonds. The molecule has 12 heteroatoms. The van der Waals surface area contributed by atoms with E-state index in [1.807, 2.05) is 0 Å². The molecule has 3 fully saturated rings. The first-order valence-corrected chi connectivity index (χ1v) is 10.6. The molecule has 0 aromatic heterocycles. The van der Waals surface area contributed by atoms with Crippen molar-refractivity contribution >= 4 is 40.7 Å². The van der Waals surface area contributed by atoms with Gasteiger partial charge in [-0.2, -0.15) is 0 Å². The average molecular weight is 498 g/mol. The number of hydrogen-bond acceptors (Lipinski definition) is 6. The fourth-order valence-corrected chi connectivity index (χ4v) is 4.61. The van der Waals surface area contributed by atoms with Crippen LogP contribution in [0.5, 0.6) is 11.5 Å². The van der Waals surface area contributed by atoms with Crippen LogP contribution in [-0.2, 0) is 9.59 Å². The summed E-state index contributed by atoms with van der Waals surface area (Å²) in [5.41, 5.74) is -1.10. The Morgan fingerprint density at radius 1 is 0.939 bits per heavy atom. The van der Waals surface area contributed by atoms with Gasteiger partial charge in [0.1, 0.15) is 22.3 Å². The highest BCUT2D eigenvalue weighted by molar-refractivity contribution is 6.32. The van der Waals surface area contributed by atoms with E-state index in [0.717, 1.165) is 12.1 Å². The number of rotatable bonds is 9. The van der Waals surface area contributed by atoms with E-state index in [2.05, 4.69) is 10.6 Å². The van der Waals surface area contributed by atoms with Gasteiger partial charge in [0.15, 0.2) is 13.2 Å². The van der Waals surface area contributed by atoms with Gasteiger partial charge >= 0.3 is 0 Å². The van der Waals surface area contributed by atoms with Crippen LogP contribution in [0.1, 0.15) is 19.3 Å². The van der Waals surface area contributed by atoms with E-state index in [1.54, 1.807) is 0 Å². The SMILES string of the molecule is O=C(COc1ccc(Cl)c(F)c1)NC12CC(NC(=O)COc3ccc(Cl)c([N+](=O)[O-])c3)(C1)C2. The summed E-state index contributed by atoms with van der Waals surface area (Å²) in [5, 5.41) is 16.6. The molecule has 3 aliphatic rings. The zero-order valence-corrected chi connectivity index (χ0v) is 18.5. The van der Waals surface area contributed by atoms with Crippen LogP contribution in [0.2, 0.25) is 10.0 Å². The molecule has 0 radical (unpaired) electrons. The van der Waals surface area contributed by atoms with Crippen LogP contribution >= 0.6 is 23.2 Å². The van der Waals surface area contributed by atoms with E-state index >= 15 is 0 Å². The van der Waals surface area contributed by atoms with Gasteiger partial charge in [-0.1, -0.05) is 23.2 Å². The zero-order chi connectivity index (χ0) is 23.8. The van der Waals surface area contributed by atoms with Crippen LogP contribution in [-0.4, -0.2) is 41.0 Å². The van der Waals surface area contributed by atoms with Crippen LogP contribution in [0.3, 0.4) is 0 Å². The Kier molecular flexibility index (Phi) is 6.06. The van der Waals surface area contributed by atoms with Gasteiger partial charge in [0, 0.05) is 17.1 Å². The fraction of sp³-hybridized carbons (Fsp3) is 0.333. The molecule has 0 saturated heterocycles. The van der Waals surface area contributed by atoms with Crippen LogP contribution in [0.15, 0.2) is 36.4 Å². The quantitative estimate of drug-likeness (QED) is 0.404. The largest absolute Gasteiger partial charge is 0.484 e. The van der Waals surface area contributed by atoms with Crippen molar-refractivity contribution in [2.45, 2.75) is 30.3 Å². The van der Waals surface area contributed by atoms with Crippen molar-refractivity contribution < 1.29 is 28.4 Å². The number of halogens is 3. The first-order valence-electron chi connectivity index (χ1n) is 9.85. The van der Waals surface area contributed by atoms with Crippen molar-refractivity contribution in [1.82, 2.24) is 10.6 Å². The number of nitro benzene ring substituents is 1. The predicted molar refractivity (Wildman–Crippen MR) is 116 cm³/mol. The number of nitrogens with zero attached hydrogens (tertiary/aromatic N) is 1. The lowest BCUT2D eigenvalue weighted by Crippen LogP contribution is -2.84. The van der Waals surface area contributed by atoms with E-state index in [0.29, 0.717) is 19.3 Å². The lowest BCUT2D eigenvalue weighted by Gasteiger charge is -2.70. The lowest BCUT2D eigenvalue weighted by atomic mass is 9.44. The number of nitro groups is 1. The van der Waals surface area contributed by atoms with E-state index < -0.39 is 21.8 Å². The third-order valence-corrected chi connectivity index (χ3v) is 6.21. The summed E-state index contributed by atoms with van der Waals surface area (Å²) in [5.74, 6) is -1.01. The third kappa shape index (κ3) is 4.96. The summed E-state index contributed by atoms with van der Waals surface area (Å²) in [6.45, 7) is -0.589. The van der Waals surface area contributed by atoms with E-state index in [4.69, 9.17) is 32.7 Å². The number of ether oxygens (including phenoxy) is 2. The molecular formula is C21H18Cl2FN3O6. The van der Waals surface area contributed by atoms with E-state index in [1.165, 1.54) is 24.3 Å². The molecule has 0 heterocycles. The summed E-state index contributed by atoms with van der Waals surface area (Å²) in [6.07, 6.45) is 1.71. The second-order valence-corrected chi connectivity index (χ2v) is 9.03. The minimum absolute atomic E-state index is 0.0243. The topological polar surface area (TPSA) is 120 Å². The Morgan fingerprint density at radius 2 is 1.42 bits per heavy atom. The molecular weight excluding hydrogens is 480 g/mol. The Bertz CT molecular complexity index is 1130. The van der Waals surface area contributed by atoms with E-state index in [-0.39, 0.29) is 52.3 Å². The Labute approximate surface area is 197 Å². The third-order valence-electron chi connectivity index (χ3n) is 5.58. The minimum Gasteiger partial charge on any atom is -0.484 e. The molecule has 174 valence electrons. The molecule has 2 bridgehead atoms. The Morgan fingerprint density at radius 3 is 1.91 bits per heavy atom. The average Bonchev–Trinajstić information content (AvgIpc) is 2.71. The molecule has 0 spiro atoms. The number of carbonyl (C=O) groups excluding carboxylic acids is 2. The highest BCUT2D eigenvalue weighted by Crippen LogP contribution is 2.60. The van der Waals surface area contributed by atoms with Crippen LogP contribution in [0.4, 0.5) is 10.1 Å². The van der Waals surface area contributed by atoms with Gasteiger partial charge in [0.05, 0.1) is 16.0 Å². The molecule has 3 aliphatic carbocycles. The number of hydrogen-bond donors (Lipinski definition) is 2. The number of carbonyl (C=O) groups is 2. The normalized spacial score (nSPS) is 22.4. The van der Waals surface area contributed by atoms with Gasteiger partial charge < -0.3 is 20.1 Å². The second-order valence-electron chi connectivity index (χ2n) is 8.21. The van der Waals surface area contributed by atoms with Gasteiger partial charge in [0.2, 0.25) is 0 Å². The van der Waals surface area contributed by atoms with Gasteiger partial charge in [-0.25, -0.2) is 4.39 Å². The van der Waals surface area contributed by atoms with Crippen LogP contribution in [0.25, 0.3) is 0 Å². The van der Waals surface area contributed by atoms with Crippen LogP contribution in [0, 0.1) is 15.9 Å². The van der Waals surface area contributed by atoms with Gasteiger partial charge in [-0.3, -0.25) is 19.7 Å². The molecule has 2 aromatic rings. The molecule has 2 N–H and O–H groups in total. The minimum atomic E-state index is -0.635. The molecule has 3 saturated carbocycles. The van der Waals surface area contributed by atoms with Crippen molar-refractivity contribution in [2.24, 2.45) is 0 Å². The number of nitrogens with one attached hydrogen (secondary N) is 2. The summed E-state index contributed by atoms with van der Waals surface area (Å²) in [6, 6.07) is 7.83. The van der Waals surface area contributed by atoms with Crippen molar-refractivity contribution in [1.29, 1.82) is 0 Å². The number of amides is 2. The maximum atomic E-state index is 13.4. The summed E-state index contributed by atoms with van der Waals surface area (Å²) < 4.78 is 24.0. The van der Waals surface area contributed by atoms with Crippen molar-refractivity contribution in [3.8, 4) is 11.5 Å². The monoisotopic (exact) mass is 497 g/mol. The smallest absolute Gasteiger partial charge is 0.291 e. The summed E-state index contributed by atoms with van der Waals surface area (Å²) >= 11 is 11.4. The molecule has 0 aliphatic heterocycles. The molecule has 0 atom stereocenters. The number of benzene rings is 2. The first kappa shape index (κ1) is 23.1. The highest BCUT2D eigenvalue weighted by Gasteiger charge is 2.69. The molecule has 2 aromatic carbocycles. The lowest BCUT2D eigenvalue weighted by molar-refractivity contribution is -0.384. The molecule has 5 rings (SSSR count). The molecule has 33 heavy (non-hydrogen) atoms. The van der Waals surface area contributed by atoms with Gasteiger partial charge in [0.25, 0.3) is 17.5 Å². The van der Waals surface area contributed by atoms with E-state index in [9.17, 15) is 24.1 Å². The molecule has 9 nitrogen and oxygen atoms in total. The van der Waals surface area contributed by atoms with Gasteiger partial charge in [-0.15, -0.1) is 0 Å². The van der Waals surface area contributed by atoms with Crippen molar-refractivity contribution in [3.63, 3.8) is 0 Å². The predicted octanol–water partition coefficient (Wildman–Crippen LogP) is 3.41. The van der Waals surface area contributed by atoms with Crippen LogP contribution < -0.4 is 20.1 Å². The standard InChI is InChI=1S/C21H18Cl2FN3O6/c22-14-3-1-12(5-16(14)24)32-7-18(28)25-20-9-21(10-20,11-20)26-19(29)8-33-13-2-4-15(23)17(6-13)27(30)31/h1-6H,7-11H2,(H,25,28)(H,26,29). The van der Waals surface area contributed by atoms with Crippen molar-refractivity contribution in [3.05, 3.63) is 62.4 Å². The Hall–Kier alpha value is -3.11. The molecule has 0 unspecified atom stereocenters. The maximum absolute atomic E-state index is 13.4. The second kappa shape index (κ2) is 8.68. The van der Waals surface area contributed by atoms with Crippen molar-refractivity contribution in [2.75, 3.05) is 13.2 Å². The highest BCUT2D eigenvalue weighted by atomic mass is 35.5.